The molecular weight excluding hydrogens is 275 g/mol. The van der Waals surface area contributed by atoms with E-state index in [1.54, 1.807) is 4.90 Å². The predicted molar refractivity (Wildman–Crippen MR) is 73.1 cm³/mol. The van der Waals surface area contributed by atoms with Gasteiger partial charge in [0.2, 0.25) is 0 Å². The number of halogens is 1. The van der Waals surface area contributed by atoms with Crippen molar-refractivity contribution >= 4 is 5.91 Å². The SMILES string of the molecule is CC(O)c1onc(-c2ccc(F)cc2)c1C(=O)N1CCC1. The first-order valence-corrected chi connectivity index (χ1v) is 6.81. The number of nitrogens with zero attached hydrogens (tertiary/aromatic N) is 2. The Labute approximate surface area is 121 Å². The summed E-state index contributed by atoms with van der Waals surface area (Å²) in [4.78, 5) is 14.2. The van der Waals surface area contributed by atoms with Gasteiger partial charge in [-0.1, -0.05) is 5.16 Å². The molecule has 1 atom stereocenters. The number of likely N-dealkylation sites (tertiary alicyclic amines) is 1. The van der Waals surface area contributed by atoms with Crippen molar-refractivity contribution in [3.63, 3.8) is 0 Å². The van der Waals surface area contributed by atoms with Crippen molar-refractivity contribution < 1.29 is 18.8 Å². The number of aliphatic hydroxyl groups excluding tert-OH is 1. The molecule has 1 amide bonds. The summed E-state index contributed by atoms with van der Waals surface area (Å²) in [6.45, 7) is 2.89. The van der Waals surface area contributed by atoms with Crippen LogP contribution in [-0.2, 0) is 0 Å². The lowest BCUT2D eigenvalue weighted by Crippen LogP contribution is -2.42. The molecular formula is C15H15FN2O3. The fourth-order valence-electron chi connectivity index (χ4n) is 2.28. The van der Waals surface area contributed by atoms with E-state index in [0.29, 0.717) is 24.3 Å². The first-order valence-electron chi connectivity index (χ1n) is 6.81. The molecule has 0 aliphatic carbocycles. The van der Waals surface area contributed by atoms with Gasteiger partial charge in [-0.25, -0.2) is 4.39 Å². The second kappa shape index (κ2) is 5.29. The van der Waals surface area contributed by atoms with Gasteiger partial charge in [0.05, 0.1) is 0 Å². The van der Waals surface area contributed by atoms with Crippen molar-refractivity contribution in [3.8, 4) is 11.3 Å². The third kappa shape index (κ3) is 2.42. The van der Waals surface area contributed by atoms with Gasteiger partial charge >= 0.3 is 0 Å². The van der Waals surface area contributed by atoms with Crippen molar-refractivity contribution in [2.75, 3.05) is 13.1 Å². The molecule has 1 N–H and O–H groups in total. The summed E-state index contributed by atoms with van der Waals surface area (Å²) in [6, 6.07) is 5.66. The average molecular weight is 290 g/mol. The van der Waals surface area contributed by atoms with Gasteiger partial charge in [-0.3, -0.25) is 4.79 Å². The van der Waals surface area contributed by atoms with E-state index in [-0.39, 0.29) is 23.0 Å². The van der Waals surface area contributed by atoms with Crippen LogP contribution in [0.3, 0.4) is 0 Å². The summed E-state index contributed by atoms with van der Waals surface area (Å²) in [6.07, 6.45) is 0.0272. The van der Waals surface area contributed by atoms with Crippen LogP contribution in [0.5, 0.6) is 0 Å². The molecule has 1 saturated heterocycles. The summed E-state index contributed by atoms with van der Waals surface area (Å²) in [7, 11) is 0. The number of hydrogen-bond acceptors (Lipinski definition) is 4. The molecule has 1 aromatic heterocycles. The smallest absolute Gasteiger partial charge is 0.259 e. The number of aliphatic hydroxyl groups is 1. The van der Waals surface area contributed by atoms with Crippen LogP contribution in [-0.4, -0.2) is 34.2 Å². The van der Waals surface area contributed by atoms with E-state index in [9.17, 15) is 14.3 Å². The van der Waals surface area contributed by atoms with Crippen molar-refractivity contribution in [2.24, 2.45) is 0 Å². The summed E-state index contributed by atoms with van der Waals surface area (Å²) < 4.78 is 18.2. The number of benzene rings is 1. The zero-order valence-electron chi connectivity index (χ0n) is 11.5. The highest BCUT2D eigenvalue weighted by Crippen LogP contribution is 2.31. The Morgan fingerprint density at radius 2 is 2.05 bits per heavy atom. The molecule has 21 heavy (non-hydrogen) atoms. The second-order valence-corrected chi connectivity index (χ2v) is 5.10. The second-order valence-electron chi connectivity index (χ2n) is 5.10. The third-order valence-electron chi connectivity index (χ3n) is 3.57. The standard InChI is InChI=1S/C15H15FN2O3/c1-9(19)14-12(15(20)18-7-2-8-18)13(17-21-14)10-3-5-11(16)6-4-10/h3-6,9,19H,2,7-8H2,1H3. The van der Waals surface area contributed by atoms with E-state index in [1.165, 1.54) is 31.2 Å². The number of amides is 1. The zero-order valence-corrected chi connectivity index (χ0v) is 11.5. The van der Waals surface area contributed by atoms with Crippen LogP contribution in [0.4, 0.5) is 4.39 Å². The number of carbonyl (C=O) groups is 1. The Morgan fingerprint density at radius 1 is 1.38 bits per heavy atom. The van der Waals surface area contributed by atoms with Gasteiger partial charge in [0.25, 0.3) is 5.91 Å². The van der Waals surface area contributed by atoms with Crippen LogP contribution in [0.25, 0.3) is 11.3 Å². The first kappa shape index (κ1) is 13.8. The molecule has 0 spiro atoms. The van der Waals surface area contributed by atoms with Gasteiger partial charge in [0.15, 0.2) is 5.76 Å². The molecule has 6 heteroatoms. The Bertz CT molecular complexity index is 660. The van der Waals surface area contributed by atoms with E-state index in [2.05, 4.69) is 5.16 Å². The van der Waals surface area contributed by atoms with Gasteiger partial charge in [0.1, 0.15) is 23.2 Å². The van der Waals surface area contributed by atoms with Crippen LogP contribution in [0, 0.1) is 5.82 Å². The third-order valence-corrected chi connectivity index (χ3v) is 3.57. The Kier molecular flexibility index (Phi) is 3.47. The minimum absolute atomic E-state index is 0.145. The highest BCUT2D eigenvalue weighted by atomic mass is 19.1. The summed E-state index contributed by atoms with van der Waals surface area (Å²) in [5.74, 6) is -0.433. The summed E-state index contributed by atoms with van der Waals surface area (Å²) in [5, 5.41) is 13.7. The lowest BCUT2D eigenvalue weighted by atomic mass is 10.0. The fraction of sp³-hybridized carbons (Fsp3) is 0.333. The first-order chi connectivity index (χ1) is 10.1. The number of hydrogen-bond donors (Lipinski definition) is 1. The van der Waals surface area contributed by atoms with E-state index < -0.39 is 6.10 Å². The van der Waals surface area contributed by atoms with E-state index in [1.807, 2.05) is 0 Å². The molecule has 0 saturated carbocycles. The highest BCUT2D eigenvalue weighted by molar-refractivity contribution is 6.01. The van der Waals surface area contributed by atoms with Crippen molar-refractivity contribution in [1.29, 1.82) is 0 Å². The quantitative estimate of drug-likeness (QED) is 0.942. The molecule has 0 radical (unpaired) electrons. The molecule has 1 aliphatic rings. The van der Waals surface area contributed by atoms with E-state index >= 15 is 0 Å². The molecule has 110 valence electrons. The maximum absolute atomic E-state index is 13.0. The van der Waals surface area contributed by atoms with Crippen molar-refractivity contribution in [3.05, 3.63) is 41.4 Å². The van der Waals surface area contributed by atoms with E-state index in [0.717, 1.165) is 6.42 Å². The summed E-state index contributed by atoms with van der Waals surface area (Å²) in [5.41, 5.74) is 1.18. The zero-order chi connectivity index (χ0) is 15.0. The van der Waals surface area contributed by atoms with Crippen LogP contribution in [0.1, 0.15) is 35.6 Å². The maximum Gasteiger partial charge on any atom is 0.259 e. The van der Waals surface area contributed by atoms with Crippen molar-refractivity contribution in [1.82, 2.24) is 10.1 Å². The maximum atomic E-state index is 13.0. The largest absolute Gasteiger partial charge is 0.385 e. The molecule has 2 heterocycles. The normalized spacial score (nSPS) is 15.7. The topological polar surface area (TPSA) is 66.6 Å². The van der Waals surface area contributed by atoms with Crippen molar-refractivity contribution in [2.45, 2.75) is 19.4 Å². The van der Waals surface area contributed by atoms with Crippen LogP contribution in [0.15, 0.2) is 28.8 Å². The average Bonchev–Trinajstić information content (AvgIpc) is 2.82. The lowest BCUT2D eigenvalue weighted by Gasteiger charge is -2.31. The molecule has 3 rings (SSSR count). The molecule has 1 fully saturated rings. The molecule has 5 nitrogen and oxygen atoms in total. The highest BCUT2D eigenvalue weighted by Gasteiger charge is 2.31. The lowest BCUT2D eigenvalue weighted by molar-refractivity contribution is 0.0641. The minimum Gasteiger partial charge on any atom is -0.385 e. The monoisotopic (exact) mass is 290 g/mol. The Morgan fingerprint density at radius 3 is 2.57 bits per heavy atom. The number of rotatable bonds is 3. The molecule has 0 bridgehead atoms. The Balaban J connectivity index is 2.07. The van der Waals surface area contributed by atoms with Crippen LogP contribution < -0.4 is 0 Å². The van der Waals surface area contributed by atoms with Gasteiger partial charge in [-0.15, -0.1) is 0 Å². The van der Waals surface area contributed by atoms with Crippen LogP contribution in [0.2, 0.25) is 0 Å². The van der Waals surface area contributed by atoms with Gasteiger partial charge in [-0.2, -0.15) is 0 Å². The van der Waals surface area contributed by atoms with E-state index in [4.69, 9.17) is 4.52 Å². The van der Waals surface area contributed by atoms with Gasteiger partial charge in [-0.05, 0) is 37.6 Å². The molecule has 2 aromatic rings. The van der Waals surface area contributed by atoms with Gasteiger partial charge in [0, 0.05) is 18.7 Å². The molecule has 1 aliphatic heterocycles. The summed E-state index contributed by atoms with van der Waals surface area (Å²) >= 11 is 0. The number of carbonyl (C=O) groups excluding carboxylic acids is 1. The Hall–Kier alpha value is -2.21. The predicted octanol–water partition coefficient (Wildman–Crippen LogP) is 2.38. The molecule has 1 unspecified atom stereocenters. The molecule has 1 aromatic carbocycles. The minimum atomic E-state index is -0.938. The fourth-order valence-corrected chi connectivity index (χ4v) is 2.28. The van der Waals surface area contributed by atoms with Crippen LogP contribution >= 0.6 is 0 Å². The van der Waals surface area contributed by atoms with Gasteiger partial charge < -0.3 is 14.5 Å². The number of aromatic nitrogens is 1.